The highest BCUT2D eigenvalue weighted by Crippen LogP contribution is 2.31. The molecule has 10 rings (SSSR count). The average molecular weight is 1490 g/mol. The van der Waals surface area contributed by atoms with Crippen LogP contribution in [0, 0.1) is 63.1 Å². The second-order valence-corrected chi connectivity index (χ2v) is 28.7. The highest BCUT2D eigenvalue weighted by molar-refractivity contribution is 9.10. The molecule has 4 aliphatic rings. The summed E-state index contributed by atoms with van der Waals surface area (Å²) in [5.74, 6) is 2.00. The first-order valence-corrected chi connectivity index (χ1v) is 35.0. The zero-order valence-electron chi connectivity index (χ0n) is 57.6. The molecule has 20 nitrogen and oxygen atoms in total. The van der Waals surface area contributed by atoms with Gasteiger partial charge < -0.3 is 35.2 Å². The Hall–Kier alpha value is -8.25. The number of nitrogens with one attached hydrogen (secondary N) is 1. The Kier molecular flexibility index (Phi) is 33.0. The molecule has 0 saturated carbocycles. The van der Waals surface area contributed by atoms with E-state index in [-0.39, 0.29) is 35.6 Å². The lowest BCUT2D eigenvalue weighted by molar-refractivity contribution is -0.131. The Morgan fingerprint density at radius 2 is 0.909 bits per heavy atom. The second kappa shape index (κ2) is 40.1. The number of hydrogen-bond donors (Lipinski definition) is 2. The number of nitrogens with zero attached hydrogens (tertiary/aromatic N) is 11. The molecule has 4 aromatic carbocycles. The van der Waals surface area contributed by atoms with Gasteiger partial charge in [0.25, 0.3) is 11.1 Å². The molecular formula is C74H88BrCl4N13O7. The predicted molar refractivity (Wildman–Crippen MR) is 392 cm³/mol. The molecule has 0 unspecified atom stereocenters. The zero-order chi connectivity index (χ0) is 73.0. The van der Waals surface area contributed by atoms with E-state index in [1.165, 1.54) is 46.0 Å². The lowest BCUT2D eigenvalue weighted by Crippen LogP contribution is -2.42. The van der Waals surface area contributed by atoms with Crippen molar-refractivity contribution in [3.8, 4) is 24.3 Å². The van der Waals surface area contributed by atoms with Crippen LogP contribution in [0.1, 0.15) is 138 Å². The SMILES string of the molecule is C=C1CCN(C(=O)OC(C)(C)C)CC1.CC(C)(C)OC(=O)N1CCC(Cc2cccc(C#N)c2Cl)CC1.Cn1nc(CC(=O)N2CCC(Cc3cccc(C#N)c3Cl)CC2)ccc1=O.Cn1nc(N)ccc1=O.N#Cc1cccc(Br)c1Cl.N#Cc1cccc(CC2CCNCC2)c1Cl. The summed E-state index contributed by atoms with van der Waals surface area (Å²) >= 11 is 27.7. The maximum Gasteiger partial charge on any atom is 0.410 e. The fourth-order valence-corrected chi connectivity index (χ4v) is 12.1. The first-order chi connectivity index (χ1) is 46.9. The number of anilines is 1. The molecule has 4 fully saturated rings. The maximum absolute atomic E-state index is 12.5. The molecule has 3 amide bonds. The summed E-state index contributed by atoms with van der Waals surface area (Å²) in [7, 11) is 3.13. The molecule has 2 aromatic heterocycles. The summed E-state index contributed by atoms with van der Waals surface area (Å²) in [6.07, 6.45) is 10.3. The third-order valence-corrected chi connectivity index (χ3v) is 19.0. The van der Waals surface area contributed by atoms with Gasteiger partial charge in [0.1, 0.15) is 41.3 Å². The number of benzene rings is 4. The van der Waals surface area contributed by atoms with Crippen molar-refractivity contribution in [1.82, 2.24) is 39.6 Å². The molecule has 0 atom stereocenters. The molecule has 0 bridgehead atoms. The minimum absolute atomic E-state index is 0.0316. The van der Waals surface area contributed by atoms with E-state index in [0.717, 1.165) is 105 Å². The van der Waals surface area contributed by atoms with Crippen molar-refractivity contribution in [1.29, 1.82) is 21.0 Å². The van der Waals surface area contributed by atoms with E-state index in [0.29, 0.717) is 97.8 Å². The summed E-state index contributed by atoms with van der Waals surface area (Å²) < 4.78 is 13.9. The summed E-state index contributed by atoms with van der Waals surface area (Å²) in [6.45, 7) is 21.7. The predicted octanol–water partition coefficient (Wildman–Crippen LogP) is 14.4. The Balaban J connectivity index is 0.000000223. The van der Waals surface area contributed by atoms with Crippen LogP contribution in [0.25, 0.3) is 0 Å². The highest BCUT2D eigenvalue weighted by Gasteiger charge is 2.29. The van der Waals surface area contributed by atoms with Crippen molar-refractivity contribution in [3.05, 3.63) is 199 Å². The van der Waals surface area contributed by atoms with Crippen LogP contribution in [0.4, 0.5) is 15.4 Å². The second-order valence-electron chi connectivity index (χ2n) is 26.3. The molecule has 3 N–H and O–H groups in total. The number of nitriles is 4. The number of rotatable bonds is 8. The number of likely N-dealkylation sites (tertiary alicyclic amines) is 3. The number of amides is 3. The first-order valence-electron chi connectivity index (χ1n) is 32.7. The van der Waals surface area contributed by atoms with Crippen LogP contribution in [0.2, 0.25) is 20.1 Å². The molecule has 99 heavy (non-hydrogen) atoms. The van der Waals surface area contributed by atoms with Gasteiger partial charge in [0.15, 0.2) is 0 Å². The van der Waals surface area contributed by atoms with Gasteiger partial charge in [-0.05, 0) is 218 Å². The molecule has 4 aliphatic heterocycles. The van der Waals surface area contributed by atoms with Crippen molar-refractivity contribution in [2.45, 2.75) is 130 Å². The van der Waals surface area contributed by atoms with E-state index in [2.05, 4.69) is 56.2 Å². The van der Waals surface area contributed by atoms with Gasteiger partial charge in [0.05, 0.1) is 54.5 Å². The zero-order valence-corrected chi connectivity index (χ0v) is 62.2. The fraction of sp³-hybridized carbons (Fsp3) is 0.446. The minimum Gasteiger partial charge on any atom is -0.444 e. The van der Waals surface area contributed by atoms with Gasteiger partial charge in [0.2, 0.25) is 5.91 Å². The van der Waals surface area contributed by atoms with Gasteiger partial charge in [-0.3, -0.25) is 14.4 Å². The van der Waals surface area contributed by atoms with Crippen molar-refractivity contribution >= 4 is 86.2 Å². The van der Waals surface area contributed by atoms with Gasteiger partial charge >= 0.3 is 12.2 Å². The van der Waals surface area contributed by atoms with E-state index >= 15 is 0 Å². The number of carbonyl (C=O) groups excluding carboxylic acids is 3. The lowest BCUT2D eigenvalue weighted by atomic mass is 9.89. The van der Waals surface area contributed by atoms with Gasteiger partial charge in [-0.25, -0.2) is 19.0 Å². The van der Waals surface area contributed by atoms with Crippen LogP contribution in [0.3, 0.4) is 0 Å². The smallest absolute Gasteiger partial charge is 0.410 e. The van der Waals surface area contributed by atoms with E-state index in [4.69, 9.17) is 82.7 Å². The summed E-state index contributed by atoms with van der Waals surface area (Å²) in [6, 6.07) is 36.3. The maximum atomic E-state index is 12.5. The standard InChI is InChI=1S/C20H21ClN4O2.C18H23ClN2O2.C13H15ClN2.C11H19NO2.C7H3BrClN.C5H7N3O/c1-24-18(26)6-5-17(23-24)12-19(27)25-9-7-14(8-10-25)11-15-3-2-4-16(13-22)20(15)21;1-18(2,3)23-17(22)21-9-7-13(8-10-21)11-14-5-4-6-15(12-20)16(14)19;14-13-11(2-1-3-12(13)9-15)8-10-4-6-16-7-5-10;1-9-5-7-12(8-6-9)10(13)14-11(2,3)4;8-6-3-1-2-5(4-10)7(6)9;1-8-5(9)3-2-4(6)7-8/h2-6,14H,7-12H2,1H3;4-6,13H,7-11H2,1-3H3;1-3,10,16H,4-8H2;1,5-8H2,2-4H3;1-3H;2-3H,1H3,(H2,6,7). The van der Waals surface area contributed by atoms with Gasteiger partial charge in [-0.15, -0.1) is 0 Å². The molecule has 4 saturated heterocycles. The minimum atomic E-state index is -0.459. The van der Waals surface area contributed by atoms with E-state index in [9.17, 15) is 24.0 Å². The normalized spacial score (nSPS) is 14.8. The quantitative estimate of drug-likeness (QED) is 0.134. The third-order valence-electron chi connectivity index (χ3n) is 16.3. The summed E-state index contributed by atoms with van der Waals surface area (Å²) in [5.41, 5.74) is 11.1. The number of nitrogen functional groups attached to an aromatic ring is 1. The van der Waals surface area contributed by atoms with Crippen molar-refractivity contribution < 1.29 is 23.9 Å². The number of piperidine rings is 4. The number of aryl methyl sites for hydroxylation is 2. The van der Waals surface area contributed by atoms with E-state index in [1.54, 1.807) is 66.4 Å². The third kappa shape index (κ3) is 27.8. The van der Waals surface area contributed by atoms with Crippen LogP contribution < -0.4 is 22.2 Å². The Bertz CT molecular complexity index is 4020. The first kappa shape index (κ1) is 81.4. The number of ether oxygens (including phenoxy) is 2. The molecule has 0 spiro atoms. The molecule has 25 heteroatoms. The number of nitrogens with two attached hydrogens (primary N) is 1. The van der Waals surface area contributed by atoms with Crippen LogP contribution in [0.5, 0.6) is 0 Å². The van der Waals surface area contributed by atoms with Crippen LogP contribution in [-0.2, 0) is 54.0 Å². The summed E-state index contributed by atoms with van der Waals surface area (Å²) in [4.78, 5) is 63.5. The molecule has 526 valence electrons. The number of hydrogen-bond acceptors (Lipinski definition) is 15. The average Bonchev–Trinajstić information content (AvgIpc) is 0.878. The van der Waals surface area contributed by atoms with Crippen molar-refractivity contribution in [2.24, 2.45) is 31.8 Å². The van der Waals surface area contributed by atoms with Gasteiger partial charge in [-0.2, -0.15) is 31.2 Å². The van der Waals surface area contributed by atoms with Crippen LogP contribution >= 0.6 is 62.3 Å². The largest absolute Gasteiger partial charge is 0.444 e. The molecule has 6 heterocycles. The topological polar surface area (TPSA) is 282 Å². The molecular weight excluding hydrogens is 1400 g/mol. The van der Waals surface area contributed by atoms with E-state index in [1.807, 2.05) is 88.9 Å². The van der Waals surface area contributed by atoms with Crippen molar-refractivity contribution in [2.75, 3.05) is 58.1 Å². The lowest BCUT2D eigenvalue weighted by Gasteiger charge is -2.33. The highest BCUT2D eigenvalue weighted by atomic mass is 79.9. The Morgan fingerprint density at radius 1 is 0.545 bits per heavy atom. The van der Waals surface area contributed by atoms with E-state index < -0.39 is 11.2 Å². The number of halogens is 5. The van der Waals surface area contributed by atoms with Crippen LogP contribution in [0.15, 0.2) is 123 Å². The van der Waals surface area contributed by atoms with Gasteiger partial charge in [0, 0.05) is 70.0 Å². The Morgan fingerprint density at radius 3 is 1.28 bits per heavy atom. The Labute approximate surface area is 609 Å². The monoisotopic (exact) mass is 1490 g/mol. The van der Waals surface area contributed by atoms with Crippen LogP contribution in [-0.4, -0.2) is 116 Å². The molecule has 0 aliphatic carbocycles. The van der Waals surface area contributed by atoms with Crippen molar-refractivity contribution in [3.63, 3.8) is 0 Å². The summed E-state index contributed by atoms with van der Waals surface area (Å²) in [5, 5.41) is 48.9. The fourth-order valence-electron chi connectivity index (χ4n) is 10.9. The van der Waals surface area contributed by atoms with Gasteiger partial charge in [-0.1, -0.05) is 101 Å². The molecule has 6 aromatic rings. The number of aromatic nitrogens is 4. The molecule has 0 radical (unpaired) electrons. The number of carbonyl (C=O) groups is 3.